The maximum absolute atomic E-state index is 12.6. The highest BCUT2D eigenvalue weighted by atomic mass is 32.1. The van der Waals surface area contributed by atoms with Gasteiger partial charge in [0.15, 0.2) is 22.8 Å². The number of rotatable bonds is 3. The Hall–Kier alpha value is -3.00. The second-order valence-corrected chi connectivity index (χ2v) is 6.46. The van der Waals surface area contributed by atoms with Gasteiger partial charge in [-0.2, -0.15) is 0 Å². The van der Waals surface area contributed by atoms with Crippen LogP contribution in [0.1, 0.15) is 4.79 Å². The van der Waals surface area contributed by atoms with E-state index in [1.54, 1.807) is 30.2 Å². The van der Waals surface area contributed by atoms with Gasteiger partial charge in [-0.25, -0.2) is 9.59 Å². The van der Waals surface area contributed by atoms with Gasteiger partial charge < -0.3 is 14.4 Å². The van der Waals surface area contributed by atoms with E-state index in [-0.39, 0.29) is 25.0 Å². The summed E-state index contributed by atoms with van der Waals surface area (Å²) < 4.78 is 12.6. The zero-order chi connectivity index (χ0) is 17.4. The molecule has 0 saturated carbocycles. The molecule has 0 radical (unpaired) electrons. The van der Waals surface area contributed by atoms with Gasteiger partial charge in [-0.15, -0.1) is 0 Å². The highest BCUT2D eigenvalue weighted by Gasteiger charge is 2.30. The van der Waals surface area contributed by atoms with Gasteiger partial charge in [0.2, 0.25) is 0 Å². The molecular weight excluding hydrogens is 342 g/mol. The zero-order valence-electron chi connectivity index (χ0n) is 13.3. The lowest BCUT2D eigenvalue weighted by molar-refractivity contribution is -0.563. The molecule has 0 atom stereocenters. The van der Waals surface area contributed by atoms with E-state index in [1.165, 1.54) is 15.6 Å². The number of carbonyl (C=O) groups excluding carboxylic acids is 2. The van der Waals surface area contributed by atoms with Crippen molar-refractivity contribution in [3.8, 4) is 11.5 Å². The van der Waals surface area contributed by atoms with Crippen molar-refractivity contribution in [3.63, 3.8) is 0 Å². The zero-order valence-corrected chi connectivity index (χ0v) is 14.2. The normalized spacial score (nSPS) is 13.5. The van der Waals surface area contributed by atoms with E-state index in [1.807, 2.05) is 24.3 Å². The lowest BCUT2D eigenvalue weighted by Gasteiger charge is -2.27. The molecule has 8 heteroatoms. The van der Waals surface area contributed by atoms with Gasteiger partial charge >= 0.3 is 11.9 Å². The third-order valence-electron chi connectivity index (χ3n) is 3.84. The van der Waals surface area contributed by atoms with E-state index in [0.717, 1.165) is 15.9 Å². The molecule has 0 bridgehead atoms. The first kappa shape index (κ1) is 15.5. The van der Waals surface area contributed by atoms with Crippen LogP contribution in [-0.2, 0) is 4.79 Å². The number of hydrogen-bond donors (Lipinski definition) is 0. The first-order chi connectivity index (χ1) is 12.1. The van der Waals surface area contributed by atoms with E-state index >= 15 is 0 Å². The molecule has 0 fully saturated rings. The third-order valence-corrected chi connectivity index (χ3v) is 4.82. The Balaban J connectivity index is 1.61. The molecule has 4 rings (SSSR count). The predicted molar refractivity (Wildman–Crippen MR) is 91.3 cm³/mol. The number of fused-ring (bicyclic) bond motifs is 2. The standard InChI is InChI=1S/C17H14N3O4S/c1-23-11-6-7-12-15(8-11)25-20(18-12)16(21)9-19-10-17(22)24-14-5-3-2-4-13(14)19/h2-8H,9-10H2,1H3/q+1. The van der Waals surface area contributed by atoms with Crippen LogP contribution in [0.5, 0.6) is 11.5 Å². The quantitative estimate of drug-likeness (QED) is 0.404. The van der Waals surface area contributed by atoms with Crippen molar-refractivity contribution >= 4 is 39.3 Å². The number of methoxy groups -OCH3 is 1. The Morgan fingerprint density at radius 1 is 1.36 bits per heavy atom. The molecule has 1 aromatic heterocycles. The Morgan fingerprint density at radius 3 is 3.04 bits per heavy atom. The van der Waals surface area contributed by atoms with Crippen LogP contribution in [0, 0.1) is 0 Å². The molecule has 7 nitrogen and oxygen atoms in total. The van der Waals surface area contributed by atoms with E-state index in [9.17, 15) is 9.59 Å². The van der Waals surface area contributed by atoms with Gasteiger partial charge in [0, 0.05) is 11.2 Å². The van der Waals surface area contributed by atoms with Gasteiger partial charge in [0.25, 0.3) is 0 Å². The van der Waals surface area contributed by atoms with Crippen LogP contribution in [0.25, 0.3) is 10.2 Å². The molecule has 1 aliphatic rings. The number of para-hydroxylation sites is 2. The second-order valence-electron chi connectivity index (χ2n) is 5.49. The van der Waals surface area contributed by atoms with E-state index < -0.39 is 0 Å². The van der Waals surface area contributed by atoms with Crippen LogP contribution >= 0.6 is 11.5 Å². The molecule has 126 valence electrons. The fraction of sp³-hybridized carbons (Fsp3) is 0.176. The summed E-state index contributed by atoms with van der Waals surface area (Å²) in [4.78, 5) is 26.1. The van der Waals surface area contributed by atoms with Crippen molar-refractivity contribution in [2.24, 2.45) is 0 Å². The summed E-state index contributed by atoms with van der Waals surface area (Å²) >= 11 is 1.24. The van der Waals surface area contributed by atoms with Crippen molar-refractivity contribution in [3.05, 3.63) is 42.5 Å². The lowest BCUT2D eigenvalue weighted by atomic mass is 10.2. The van der Waals surface area contributed by atoms with Crippen LogP contribution in [0.15, 0.2) is 42.5 Å². The van der Waals surface area contributed by atoms with E-state index in [0.29, 0.717) is 11.5 Å². The number of esters is 1. The molecule has 0 N–H and O–H groups in total. The Labute approximate surface area is 147 Å². The summed E-state index contributed by atoms with van der Waals surface area (Å²) in [6, 6.07) is 12.6. The molecule has 0 saturated heterocycles. The summed E-state index contributed by atoms with van der Waals surface area (Å²) in [6.45, 7) is 0.0652. The van der Waals surface area contributed by atoms with E-state index in [4.69, 9.17) is 9.47 Å². The van der Waals surface area contributed by atoms with Crippen LogP contribution in [0.2, 0.25) is 0 Å². The first-order valence-electron chi connectivity index (χ1n) is 7.59. The smallest absolute Gasteiger partial charge is 0.449 e. The van der Waals surface area contributed by atoms with Gasteiger partial charge in [0.05, 0.1) is 16.9 Å². The topological polar surface area (TPSA) is 72.6 Å². The van der Waals surface area contributed by atoms with Crippen LogP contribution in [-0.4, -0.2) is 37.2 Å². The summed E-state index contributed by atoms with van der Waals surface area (Å²) in [5, 5.41) is 4.32. The van der Waals surface area contributed by atoms with Crippen LogP contribution in [0.3, 0.4) is 0 Å². The first-order valence-corrected chi connectivity index (χ1v) is 8.36. The number of carbonyl (C=O) groups is 2. The molecule has 0 unspecified atom stereocenters. The monoisotopic (exact) mass is 356 g/mol. The fourth-order valence-corrected chi connectivity index (χ4v) is 3.51. The van der Waals surface area contributed by atoms with Crippen LogP contribution in [0.4, 0.5) is 5.69 Å². The van der Waals surface area contributed by atoms with Crippen molar-refractivity contribution < 1.29 is 23.1 Å². The largest absolute Gasteiger partial charge is 0.497 e. The third kappa shape index (κ3) is 2.91. The molecule has 0 spiro atoms. The molecule has 0 aliphatic carbocycles. The maximum Gasteiger partial charge on any atom is 0.449 e. The van der Waals surface area contributed by atoms with Crippen molar-refractivity contribution in [2.45, 2.75) is 0 Å². The summed E-state index contributed by atoms with van der Waals surface area (Å²) in [7, 11) is 1.59. The number of ether oxygens (including phenoxy) is 2. The fourth-order valence-electron chi connectivity index (χ4n) is 2.66. The second kappa shape index (κ2) is 6.14. The number of aromatic nitrogens is 2. The van der Waals surface area contributed by atoms with Gasteiger partial charge in [-0.05, 0) is 24.3 Å². The SMILES string of the molecule is COc1ccc2n[n+](C(=O)CN3CC(=O)Oc4ccccc43)sc2c1. The number of benzene rings is 2. The van der Waals surface area contributed by atoms with E-state index in [2.05, 4.69) is 5.10 Å². The molecule has 25 heavy (non-hydrogen) atoms. The van der Waals surface area contributed by atoms with Crippen LogP contribution < -0.4 is 18.4 Å². The van der Waals surface area contributed by atoms with Gasteiger partial charge in [0.1, 0.15) is 23.5 Å². The Kier molecular flexibility index (Phi) is 3.81. The summed E-state index contributed by atoms with van der Waals surface area (Å²) in [5.41, 5.74) is 1.44. The Morgan fingerprint density at radius 2 is 2.20 bits per heavy atom. The van der Waals surface area contributed by atoms with Crippen molar-refractivity contribution in [2.75, 3.05) is 25.1 Å². The maximum atomic E-state index is 12.6. The van der Waals surface area contributed by atoms with Gasteiger partial charge in [-0.1, -0.05) is 12.1 Å². The minimum atomic E-state index is -0.384. The molecule has 2 heterocycles. The minimum absolute atomic E-state index is 0.0298. The average Bonchev–Trinajstić information content (AvgIpc) is 3.04. The summed E-state index contributed by atoms with van der Waals surface area (Å²) in [5.74, 6) is 0.573. The predicted octanol–water partition coefficient (Wildman–Crippen LogP) is 1.66. The molecule has 0 amide bonds. The molecule has 3 aromatic rings. The minimum Gasteiger partial charge on any atom is -0.497 e. The lowest BCUT2D eigenvalue weighted by Crippen LogP contribution is -2.50. The number of anilines is 1. The number of nitrogens with zero attached hydrogens (tertiary/aromatic N) is 3. The van der Waals surface area contributed by atoms with Gasteiger partial charge in [-0.3, -0.25) is 0 Å². The highest BCUT2D eigenvalue weighted by molar-refractivity contribution is 7.09. The molecular formula is C17H14N3O4S+. The summed E-state index contributed by atoms with van der Waals surface area (Å²) in [6.07, 6.45) is 0. The molecule has 2 aromatic carbocycles. The highest BCUT2D eigenvalue weighted by Crippen LogP contribution is 2.31. The molecule has 1 aliphatic heterocycles. The van der Waals surface area contributed by atoms with Crippen molar-refractivity contribution in [1.29, 1.82) is 0 Å². The van der Waals surface area contributed by atoms with Crippen molar-refractivity contribution in [1.82, 2.24) is 5.10 Å². The Bertz CT molecular complexity index is 985. The number of hydrogen-bond acceptors (Lipinski definition) is 7. The average molecular weight is 356 g/mol.